The largest absolute Gasteiger partial charge is 0.450 e. The van der Waals surface area contributed by atoms with Crippen LogP contribution in [0.4, 0.5) is 9.59 Å². The molecule has 0 spiro atoms. The van der Waals surface area contributed by atoms with Crippen molar-refractivity contribution in [2.75, 3.05) is 32.8 Å². The average molecular weight is 354 g/mol. The zero-order valence-corrected chi connectivity index (χ0v) is 15.3. The summed E-state index contributed by atoms with van der Waals surface area (Å²) in [4.78, 5) is 39.6. The second-order valence-corrected chi connectivity index (χ2v) is 6.70. The molecule has 1 atom stereocenters. The zero-order valence-electron chi connectivity index (χ0n) is 15.3. The number of rotatable bonds is 4. The Morgan fingerprint density at radius 3 is 2.32 bits per heavy atom. The second kappa shape index (κ2) is 9.60. The highest BCUT2D eigenvalue weighted by Crippen LogP contribution is 2.17. The molecule has 2 fully saturated rings. The average Bonchev–Trinajstić information content (AvgIpc) is 2.62. The molecule has 0 bridgehead atoms. The summed E-state index contributed by atoms with van der Waals surface area (Å²) in [6.45, 7) is 6.11. The molecule has 8 nitrogen and oxygen atoms in total. The topological polar surface area (TPSA) is 91.0 Å². The third-order valence-electron chi connectivity index (χ3n) is 4.94. The van der Waals surface area contributed by atoms with Crippen molar-refractivity contribution in [3.63, 3.8) is 0 Å². The lowest BCUT2D eigenvalue weighted by Gasteiger charge is -2.36. The molecule has 8 heteroatoms. The molecule has 0 radical (unpaired) electrons. The Bertz CT molecular complexity index is 471. The van der Waals surface area contributed by atoms with Gasteiger partial charge >= 0.3 is 12.1 Å². The number of piperazine rings is 1. The van der Waals surface area contributed by atoms with Crippen molar-refractivity contribution < 1.29 is 19.1 Å². The Kier molecular flexibility index (Phi) is 7.49. The molecule has 1 saturated heterocycles. The predicted molar refractivity (Wildman–Crippen MR) is 93.2 cm³/mol. The van der Waals surface area contributed by atoms with Crippen molar-refractivity contribution in [1.82, 2.24) is 20.4 Å². The van der Waals surface area contributed by atoms with E-state index in [0.717, 1.165) is 25.7 Å². The molecule has 1 aliphatic carbocycles. The van der Waals surface area contributed by atoms with Gasteiger partial charge in [0.25, 0.3) is 0 Å². The maximum atomic E-state index is 12.3. The van der Waals surface area contributed by atoms with E-state index in [1.54, 1.807) is 18.7 Å². The van der Waals surface area contributed by atoms with Gasteiger partial charge in [-0.15, -0.1) is 0 Å². The van der Waals surface area contributed by atoms with Crippen molar-refractivity contribution >= 4 is 18.0 Å². The van der Waals surface area contributed by atoms with E-state index in [2.05, 4.69) is 10.6 Å². The number of hydrogen-bond donors (Lipinski definition) is 2. The fraction of sp³-hybridized carbons (Fsp3) is 0.824. The van der Waals surface area contributed by atoms with Gasteiger partial charge < -0.3 is 15.0 Å². The van der Waals surface area contributed by atoms with Crippen LogP contribution in [-0.2, 0) is 9.53 Å². The van der Waals surface area contributed by atoms with Gasteiger partial charge in [-0.05, 0) is 26.7 Å². The van der Waals surface area contributed by atoms with E-state index < -0.39 is 12.1 Å². The Labute approximate surface area is 149 Å². The van der Waals surface area contributed by atoms with Gasteiger partial charge in [0.1, 0.15) is 0 Å². The van der Waals surface area contributed by atoms with E-state index in [4.69, 9.17) is 4.74 Å². The lowest BCUT2D eigenvalue weighted by molar-refractivity contribution is -0.125. The number of carbonyl (C=O) groups is 3. The van der Waals surface area contributed by atoms with Gasteiger partial charge in [0, 0.05) is 32.2 Å². The van der Waals surface area contributed by atoms with Crippen molar-refractivity contribution in [3.8, 4) is 0 Å². The SMILES string of the molecule is CCOC(=O)N1CCN([C@@H](C)C(=O)NC(=O)NC2CCCCC2)CC1. The summed E-state index contributed by atoms with van der Waals surface area (Å²) in [5.41, 5.74) is 0. The van der Waals surface area contributed by atoms with Crippen molar-refractivity contribution in [3.05, 3.63) is 0 Å². The first kappa shape index (κ1) is 19.5. The molecule has 0 aromatic rings. The Morgan fingerprint density at radius 1 is 1.08 bits per heavy atom. The quantitative estimate of drug-likeness (QED) is 0.794. The Morgan fingerprint density at radius 2 is 1.72 bits per heavy atom. The van der Waals surface area contributed by atoms with Gasteiger partial charge in [0.2, 0.25) is 5.91 Å². The number of nitrogens with one attached hydrogen (secondary N) is 2. The van der Waals surface area contributed by atoms with Gasteiger partial charge in [-0.1, -0.05) is 19.3 Å². The van der Waals surface area contributed by atoms with Crippen LogP contribution >= 0.6 is 0 Å². The summed E-state index contributed by atoms with van der Waals surface area (Å²) in [6, 6.07) is -0.652. The Hall–Kier alpha value is -1.83. The number of nitrogens with zero attached hydrogens (tertiary/aromatic N) is 2. The van der Waals surface area contributed by atoms with Crippen molar-refractivity contribution in [2.24, 2.45) is 0 Å². The van der Waals surface area contributed by atoms with E-state index in [1.807, 2.05) is 4.90 Å². The normalized spacial score (nSPS) is 20.6. The molecular formula is C17H30N4O4. The summed E-state index contributed by atoms with van der Waals surface area (Å²) in [5, 5.41) is 5.33. The van der Waals surface area contributed by atoms with E-state index in [0.29, 0.717) is 32.8 Å². The number of amides is 4. The monoisotopic (exact) mass is 354 g/mol. The first-order valence-corrected chi connectivity index (χ1v) is 9.28. The second-order valence-electron chi connectivity index (χ2n) is 6.70. The minimum absolute atomic E-state index is 0.171. The molecule has 1 saturated carbocycles. The molecule has 2 rings (SSSR count). The van der Waals surface area contributed by atoms with Crippen LogP contribution in [0.3, 0.4) is 0 Å². The maximum absolute atomic E-state index is 12.3. The van der Waals surface area contributed by atoms with Gasteiger partial charge in [-0.3, -0.25) is 15.0 Å². The Balaban J connectivity index is 1.72. The van der Waals surface area contributed by atoms with Crippen LogP contribution in [0, 0.1) is 0 Å². The van der Waals surface area contributed by atoms with E-state index in [1.165, 1.54) is 6.42 Å². The highest BCUT2D eigenvalue weighted by Gasteiger charge is 2.29. The molecule has 0 unspecified atom stereocenters. The first-order chi connectivity index (χ1) is 12.0. The standard InChI is InChI=1S/C17H30N4O4/c1-3-25-17(24)21-11-9-20(10-12-21)13(2)15(22)19-16(23)18-14-7-5-4-6-8-14/h13-14H,3-12H2,1-2H3,(H2,18,19,22,23)/t13-/m0/s1. The van der Waals surface area contributed by atoms with Crippen LogP contribution in [0.15, 0.2) is 0 Å². The van der Waals surface area contributed by atoms with Gasteiger partial charge in [-0.25, -0.2) is 9.59 Å². The highest BCUT2D eigenvalue weighted by molar-refractivity contribution is 5.96. The van der Waals surface area contributed by atoms with E-state index in [9.17, 15) is 14.4 Å². The third kappa shape index (κ3) is 5.88. The molecule has 1 heterocycles. The number of imide groups is 1. The van der Waals surface area contributed by atoms with Gasteiger partial charge in [-0.2, -0.15) is 0 Å². The molecule has 0 aromatic heterocycles. The summed E-state index contributed by atoms with van der Waals surface area (Å²) >= 11 is 0. The fourth-order valence-electron chi connectivity index (χ4n) is 3.36. The van der Waals surface area contributed by atoms with Crippen LogP contribution in [0.25, 0.3) is 0 Å². The molecule has 4 amide bonds. The molecule has 1 aliphatic heterocycles. The highest BCUT2D eigenvalue weighted by atomic mass is 16.6. The van der Waals surface area contributed by atoms with Crippen LogP contribution in [-0.4, -0.2) is 72.7 Å². The maximum Gasteiger partial charge on any atom is 0.409 e. The molecule has 2 N–H and O–H groups in total. The van der Waals surface area contributed by atoms with Crippen molar-refractivity contribution in [1.29, 1.82) is 0 Å². The fourth-order valence-corrected chi connectivity index (χ4v) is 3.36. The number of ether oxygens (including phenoxy) is 1. The van der Waals surface area contributed by atoms with E-state index >= 15 is 0 Å². The summed E-state index contributed by atoms with van der Waals surface area (Å²) in [6.07, 6.45) is 5.11. The lowest BCUT2D eigenvalue weighted by atomic mass is 9.96. The molecular weight excluding hydrogens is 324 g/mol. The van der Waals surface area contributed by atoms with E-state index in [-0.39, 0.29) is 18.0 Å². The minimum atomic E-state index is -0.415. The lowest BCUT2D eigenvalue weighted by Crippen LogP contribution is -2.56. The summed E-state index contributed by atoms with van der Waals surface area (Å²) in [5.74, 6) is -0.308. The minimum Gasteiger partial charge on any atom is -0.450 e. The van der Waals surface area contributed by atoms with Crippen LogP contribution in [0.2, 0.25) is 0 Å². The van der Waals surface area contributed by atoms with Gasteiger partial charge in [0.05, 0.1) is 12.6 Å². The predicted octanol–water partition coefficient (Wildman–Crippen LogP) is 1.31. The molecule has 142 valence electrons. The third-order valence-corrected chi connectivity index (χ3v) is 4.94. The number of urea groups is 1. The summed E-state index contributed by atoms with van der Waals surface area (Å²) < 4.78 is 4.99. The summed E-state index contributed by atoms with van der Waals surface area (Å²) in [7, 11) is 0. The zero-order chi connectivity index (χ0) is 18.2. The molecule has 2 aliphatic rings. The van der Waals surface area contributed by atoms with Crippen LogP contribution in [0.1, 0.15) is 46.0 Å². The van der Waals surface area contributed by atoms with Crippen LogP contribution < -0.4 is 10.6 Å². The number of hydrogen-bond acceptors (Lipinski definition) is 5. The molecule has 25 heavy (non-hydrogen) atoms. The number of carbonyl (C=O) groups excluding carboxylic acids is 3. The van der Waals surface area contributed by atoms with Gasteiger partial charge in [0.15, 0.2) is 0 Å². The smallest absolute Gasteiger partial charge is 0.409 e. The van der Waals surface area contributed by atoms with Crippen LogP contribution in [0.5, 0.6) is 0 Å². The molecule has 0 aromatic carbocycles. The first-order valence-electron chi connectivity index (χ1n) is 9.28. The van der Waals surface area contributed by atoms with Crippen molar-refractivity contribution in [2.45, 2.75) is 58.0 Å².